The summed E-state index contributed by atoms with van der Waals surface area (Å²) < 4.78 is 38.8. The van der Waals surface area contributed by atoms with Crippen LogP contribution in [0.25, 0.3) is 5.65 Å². The highest BCUT2D eigenvalue weighted by molar-refractivity contribution is 5.98. The fourth-order valence-corrected chi connectivity index (χ4v) is 1.65. The first-order valence-corrected chi connectivity index (χ1v) is 5.30. The molecule has 0 bridgehead atoms. The summed E-state index contributed by atoms with van der Waals surface area (Å²) in [5.41, 5.74) is -1.52. The molecule has 0 saturated heterocycles. The third-order valence-corrected chi connectivity index (χ3v) is 2.44. The van der Waals surface area contributed by atoms with Crippen molar-refractivity contribution in [3.63, 3.8) is 0 Å². The van der Waals surface area contributed by atoms with E-state index in [1.807, 2.05) is 0 Å². The van der Waals surface area contributed by atoms with Gasteiger partial charge in [0, 0.05) is 13.1 Å². The molecule has 1 amide bonds. The molecule has 2 N–H and O–H groups in total. The van der Waals surface area contributed by atoms with Crippen LogP contribution in [0.15, 0.2) is 18.3 Å². The number of aromatic carboxylic acids is 1. The van der Waals surface area contributed by atoms with Gasteiger partial charge in [0.05, 0.1) is 5.56 Å². The van der Waals surface area contributed by atoms with Crippen LogP contribution < -0.4 is 5.32 Å². The average Bonchev–Trinajstić information content (AvgIpc) is 2.65. The number of carbonyl (C=O) groups is 2. The minimum absolute atomic E-state index is 0.0147. The van der Waals surface area contributed by atoms with Gasteiger partial charge in [-0.1, -0.05) is 0 Å². The highest BCUT2D eigenvalue weighted by Crippen LogP contribution is 2.30. The zero-order valence-corrected chi connectivity index (χ0v) is 10.0. The number of nitrogens with one attached hydrogen (secondary N) is 1. The van der Waals surface area contributed by atoms with Crippen LogP contribution in [0.4, 0.5) is 19.0 Å². The molecule has 0 fully saturated rings. The number of anilines is 1. The number of rotatable bonds is 2. The number of amides is 1. The standard InChI is InChI=1S/C11H8F3N3O3/c1-5(18)15-9-8(10(19)20)16-7-3-2-6(4-17(7)9)11(12,13)14/h2-4H,1H3,(H,15,18)(H,19,20). The summed E-state index contributed by atoms with van der Waals surface area (Å²) in [4.78, 5) is 25.7. The lowest BCUT2D eigenvalue weighted by Gasteiger charge is -2.08. The quantitative estimate of drug-likeness (QED) is 0.885. The van der Waals surface area contributed by atoms with Crippen molar-refractivity contribution < 1.29 is 27.9 Å². The normalized spacial score (nSPS) is 11.6. The lowest BCUT2D eigenvalue weighted by molar-refractivity contribution is -0.137. The molecule has 6 nitrogen and oxygen atoms in total. The predicted octanol–water partition coefficient (Wildman–Crippen LogP) is 2.01. The summed E-state index contributed by atoms with van der Waals surface area (Å²) >= 11 is 0. The SMILES string of the molecule is CC(=O)Nc1c(C(=O)O)nc2ccc(C(F)(F)F)cn12. The van der Waals surface area contributed by atoms with Gasteiger partial charge >= 0.3 is 12.1 Å². The van der Waals surface area contributed by atoms with E-state index in [1.54, 1.807) is 0 Å². The molecule has 106 valence electrons. The number of fused-ring (bicyclic) bond motifs is 1. The number of carboxylic acids is 1. The maximum Gasteiger partial charge on any atom is 0.417 e. The van der Waals surface area contributed by atoms with Crippen molar-refractivity contribution in [3.05, 3.63) is 29.6 Å². The summed E-state index contributed by atoms with van der Waals surface area (Å²) in [7, 11) is 0. The number of nitrogens with zero attached hydrogens (tertiary/aromatic N) is 2. The van der Waals surface area contributed by atoms with Gasteiger partial charge in [-0.15, -0.1) is 0 Å². The van der Waals surface area contributed by atoms with Gasteiger partial charge in [-0.05, 0) is 12.1 Å². The van der Waals surface area contributed by atoms with Crippen molar-refractivity contribution in [2.75, 3.05) is 5.32 Å². The van der Waals surface area contributed by atoms with Crippen LogP contribution in [0, 0.1) is 0 Å². The molecule has 0 saturated carbocycles. The van der Waals surface area contributed by atoms with E-state index in [4.69, 9.17) is 5.11 Å². The molecule has 2 aromatic rings. The number of aromatic nitrogens is 2. The van der Waals surface area contributed by atoms with E-state index in [1.165, 1.54) is 0 Å². The van der Waals surface area contributed by atoms with Gasteiger partial charge in [-0.2, -0.15) is 13.2 Å². The molecule has 9 heteroatoms. The van der Waals surface area contributed by atoms with Gasteiger partial charge in [0.25, 0.3) is 0 Å². The predicted molar refractivity (Wildman–Crippen MR) is 61.5 cm³/mol. The molecular weight excluding hydrogens is 279 g/mol. The van der Waals surface area contributed by atoms with Crippen LogP contribution in [-0.4, -0.2) is 26.4 Å². The van der Waals surface area contributed by atoms with E-state index < -0.39 is 29.3 Å². The number of carboxylic acid groups (broad SMARTS) is 1. The molecule has 0 radical (unpaired) electrons. The maximum atomic E-state index is 12.6. The lowest BCUT2D eigenvalue weighted by atomic mass is 10.3. The molecule has 0 unspecified atom stereocenters. The Morgan fingerprint density at radius 3 is 2.50 bits per heavy atom. The summed E-state index contributed by atoms with van der Waals surface area (Å²) in [6.45, 7) is 1.11. The number of halogens is 3. The maximum absolute atomic E-state index is 12.6. The Labute approximate surface area is 109 Å². The van der Waals surface area contributed by atoms with Crippen molar-refractivity contribution in [3.8, 4) is 0 Å². The second-order valence-electron chi connectivity index (χ2n) is 3.94. The minimum atomic E-state index is -4.59. The van der Waals surface area contributed by atoms with E-state index in [-0.39, 0.29) is 11.5 Å². The fraction of sp³-hybridized carbons (Fsp3) is 0.182. The minimum Gasteiger partial charge on any atom is -0.476 e. The highest BCUT2D eigenvalue weighted by atomic mass is 19.4. The van der Waals surface area contributed by atoms with E-state index in [9.17, 15) is 22.8 Å². The molecule has 2 heterocycles. The van der Waals surface area contributed by atoms with Crippen LogP contribution in [-0.2, 0) is 11.0 Å². The first kappa shape index (κ1) is 13.8. The van der Waals surface area contributed by atoms with Gasteiger partial charge in [-0.25, -0.2) is 9.78 Å². The number of hydrogen-bond donors (Lipinski definition) is 2. The fourth-order valence-electron chi connectivity index (χ4n) is 1.65. The molecule has 0 aliphatic rings. The molecule has 0 aliphatic heterocycles. The molecule has 0 aliphatic carbocycles. The third kappa shape index (κ3) is 2.42. The molecule has 0 aromatic carbocycles. The lowest BCUT2D eigenvalue weighted by Crippen LogP contribution is -2.13. The van der Waals surface area contributed by atoms with Crippen LogP contribution in [0.3, 0.4) is 0 Å². The van der Waals surface area contributed by atoms with Crippen molar-refractivity contribution in [1.82, 2.24) is 9.38 Å². The van der Waals surface area contributed by atoms with Crippen molar-refractivity contribution in [2.24, 2.45) is 0 Å². The number of carbonyl (C=O) groups excluding carboxylic acids is 1. The second kappa shape index (κ2) is 4.51. The molecule has 0 atom stereocenters. The molecule has 2 aromatic heterocycles. The first-order valence-electron chi connectivity index (χ1n) is 5.30. The van der Waals surface area contributed by atoms with E-state index in [0.717, 1.165) is 23.5 Å². The summed E-state index contributed by atoms with van der Waals surface area (Å²) in [5, 5.41) is 11.1. The van der Waals surface area contributed by atoms with Crippen molar-refractivity contribution in [1.29, 1.82) is 0 Å². The number of imidazole rings is 1. The summed E-state index contributed by atoms with van der Waals surface area (Å²) in [6.07, 6.45) is -3.91. The number of alkyl halides is 3. The van der Waals surface area contributed by atoms with Gasteiger partial charge in [0.2, 0.25) is 5.91 Å². The molecule has 20 heavy (non-hydrogen) atoms. The summed E-state index contributed by atoms with van der Waals surface area (Å²) in [6, 6.07) is 1.81. The topological polar surface area (TPSA) is 83.7 Å². The smallest absolute Gasteiger partial charge is 0.417 e. The Balaban J connectivity index is 2.72. The van der Waals surface area contributed by atoms with Gasteiger partial charge < -0.3 is 10.4 Å². The van der Waals surface area contributed by atoms with Crippen LogP contribution in [0.5, 0.6) is 0 Å². The van der Waals surface area contributed by atoms with Crippen LogP contribution >= 0.6 is 0 Å². The van der Waals surface area contributed by atoms with E-state index in [0.29, 0.717) is 6.20 Å². The third-order valence-electron chi connectivity index (χ3n) is 2.44. The summed E-state index contributed by atoms with van der Waals surface area (Å²) in [5.74, 6) is -2.39. The monoisotopic (exact) mass is 287 g/mol. The van der Waals surface area contributed by atoms with Crippen LogP contribution in [0.1, 0.15) is 23.0 Å². The van der Waals surface area contributed by atoms with Gasteiger partial charge in [0.15, 0.2) is 11.5 Å². The first-order chi connectivity index (χ1) is 9.20. The largest absolute Gasteiger partial charge is 0.476 e. The number of pyridine rings is 1. The Hall–Kier alpha value is -2.58. The Kier molecular flexibility index (Phi) is 3.12. The van der Waals surface area contributed by atoms with Crippen molar-refractivity contribution >= 4 is 23.3 Å². The highest BCUT2D eigenvalue weighted by Gasteiger charge is 2.31. The van der Waals surface area contributed by atoms with E-state index >= 15 is 0 Å². The Bertz CT molecular complexity index is 706. The van der Waals surface area contributed by atoms with Gasteiger partial charge in [0.1, 0.15) is 5.65 Å². The van der Waals surface area contributed by atoms with E-state index in [2.05, 4.69) is 10.3 Å². The van der Waals surface area contributed by atoms with Crippen LogP contribution in [0.2, 0.25) is 0 Å². The zero-order valence-electron chi connectivity index (χ0n) is 10.0. The molecular formula is C11H8F3N3O3. The van der Waals surface area contributed by atoms with Crippen molar-refractivity contribution in [2.45, 2.75) is 13.1 Å². The number of hydrogen-bond acceptors (Lipinski definition) is 3. The average molecular weight is 287 g/mol. The molecule has 2 rings (SSSR count). The molecule has 0 spiro atoms. The Morgan fingerprint density at radius 2 is 2.00 bits per heavy atom. The zero-order chi connectivity index (χ0) is 15.1. The second-order valence-corrected chi connectivity index (χ2v) is 3.94. The Morgan fingerprint density at radius 1 is 1.35 bits per heavy atom. The van der Waals surface area contributed by atoms with Gasteiger partial charge in [-0.3, -0.25) is 9.20 Å².